The van der Waals surface area contributed by atoms with Crippen LogP contribution in [-0.2, 0) is 0 Å². The Morgan fingerprint density at radius 2 is 1.95 bits per heavy atom. The van der Waals surface area contributed by atoms with Gasteiger partial charge >= 0.3 is 0 Å². The maximum Gasteiger partial charge on any atom is 0.0802 e. The van der Waals surface area contributed by atoms with Crippen LogP contribution in [0.5, 0.6) is 0 Å². The topological polar surface area (TPSA) is 67.3 Å². The number of benzene rings is 1. The molecule has 0 saturated heterocycles. The number of unbranched alkanes of at least 4 members (excludes halogenated alkanes) is 1. The van der Waals surface area contributed by atoms with Crippen LogP contribution in [0.4, 0.5) is 11.4 Å². The molecule has 0 spiro atoms. The summed E-state index contributed by atoms with van der Waals surface area (Å²) in [5.41, 5.74) is 8.60. The largest absolute Gasteiger partial charge is 0.403 e. The second kappa shape index (κ2) is 11.9. The van der Waals surface area contributed by atoms with Gasteiger partial charge in [0.25, 0.3) is 0 Å². The zero-order chi connectivity index (χ0) is 17.0. The maximum atomic E-state index is 6.02. The Bertz CT molecular complexity index is 429. The van der Waals surface area contributed by atoms with E-state index in [0.717, 1.165) is 17.8 Å². The highest BCUT2D eigenvalue weighted by Gasteiger charge is 2.11. The van der Waals surface area contributed by atoms with E-state index in [1.165, 1.54) is 31.0 Å². The molecule has 4 heteroatoms. The van der Waals surface area contributed by atoms with Crippen molar-refractivity contribution in [3.05, 3.63) is 36.2 Å². The van der Waals surface area contributed by atoms with Crippen LogP contribution in [0.15, 0.2) is 30.6 Å². The van der Waals surface area contributed by atoms with Crippen LogP contribution in [0.3, 0.4) is 0 Å². The normalized spacial score (nSPS) is 11.7. The minimum absolute atomic E-state index is 0.478. The molecule has 126 valence electrons. The molecule has 0 amide bonds. The van der Waals surface area contributed by atoms with Crippen LogP contribution < -0.4 is 21.9 Å². The fourth-order valence-corrected chi connectivity index (χ4v) is 2.20. The van der Waals surface area contributed by atoms with Gasteiger partial charge < -0.3 is 11.1 Å². The zero-order valence-electron chi connectivity index (χ0n) is 14.9. The standard InChI is InChI=1S/C16H28N4.C2H6/c1-4-6-7-14(5-2)19-15-9-8-13(3)12-16(15)20(18)11-10-17;1-2/h8-12,14,19H,4-7,17-18H2,1-3H3;1-2H3/b11-10-;. The second-order valence-electron chi connectivity index (χ2n) is 5.16. The van der Waals surface area contributed by atoms with Gasteiger partial charge in [-0.15, -0.1) is 0 Å². The summed E-state index contributed by atoms with van der Waals surface area (Å²) < 4.78 is 0. The Hall–Kier alpha value is -1.68. The van der Waals surface area contributed by atoms with Gasteiger partial charge in [0, 0.05) is 18.4 Å². The van der Waals surface area contributed by atoms with E-state index in [-0.39, 0.29) is 0 Å². The molecule has 1 rings (SSSR count). The predicted octanol–water partition coefficient (Wildman–Crippen LogP) is 4.51. The molecule has 1 aromatic carbocycles. The first-order valence-corrected chi connectivity index (χ1v) is 8.41. The maximum absolute atomic E-state index is 6.02. The summed E-state index contributed by atoms with van der Waals surface area (Å²) in [6, 6.07) is 6.73. The number of anilines is 2. The third-order valence-corrected chi connectivity index (χ3v) is 3.44. The number of hydrogen-bond acceptors (Lipinski definition) is 4. The second-order valence-corrected chi connectivity index (χ2v) is 5.16. The van der Waals surface area contributed by atoms with Crippen LogP contribution >= 0.6 is 0 Å². The molecule has 0 heterocycles. The first kappa shape index (κ1) is 20.3. The van der Waals surface area contributed by atoms with Gasteiger partial charge in [0.05, 0.1) is 11.4 Å². The average Bonchev–Trinajstić information content (AvgIpc) is 2.54. The van der Waals surface area contributed by atoms with Gasteiger partial charge in [0.2, 0.25) is 0 Å². The average molecular weight is 306 g/mol. The molecule has 1 unspecified atom stereocenters. The van der Waals surface area contributed by atoms with E-state index in [1.54, 1.807) is 11.2 Å². The highest BCUT2D eigenvalue weighted by atomic mass is 15.4. The smallest absolute Gasteiger partial charge is 0.0802 e. The lowest BCUT2D eigenvalue weighted by Gasteiger charge is -2.24. The van der Waals surface area contributed by atoms with Gasteiger partial charge in [-0.25, -0.2) is 5.84 Å². The highest BCUT2D eigenvalue weighted by Crippen LogP contribution is 2.27. The van der Waals surface area contributed by atoms with E-state index < -0.39 is 0 Å². The van der Waals surface area contributed by atoms with Crippen molar-refractivity contribution in [1.82, 2.24) is 0 Å². The first-order valence-electron chi connectivity index (χ1n) is 8.41. The van der Waals surface area contributed by atoms with Crippen molar-refractivity contribution in [2.24, 2.45) is 11.6 Å². The molecule has 0 aliphatic carbocycles. The van der Waals surface area contributed by atoms with E-state index in [4.69, 9.17) is 11.6 Å². The molecule has 0 aliphatic rings. The van der Waals surface area contributed by atoms with Crippen molar-refractivity contribution in [3.8, 4) is 0 Å². The van der Waals surface area contributed by atoms with Crippen molar-refractivity contribution in [1.29, 1.82) is 0 Å². The predicted molar refractivity (Wildman–Crippen MR) is 99.7 cm³/mol. The van der Waals surface area contributed by atoms with Crippen molar-refractivity contribution >= 4 is 11.4 Å². The fraction of sp³-hybridized carbons (Fsp3) is 0.556. The van der Waals surface area contributed by atoms with Crippen LogP contribution in [0.25, 0.3) is 0 Å². The third-order valence-electron chi connectivity index (χ3n) is 3.44. The molecule has 0 radical (unpaired) electrons. The van der Waals surface area contributed by atoms with E-state index in [2.05, 4.69) is 44.3 Å². The Morgan fingerprint density at radius 3 is 2.50 bits per heavy atom. The van der Waals surface area contributed by atoms with E-state index in [9.17, 15) is 0 Å². The molecule has 0 aromatic heterocycles. The minimum Gasteiger partial charge on any atom is -0.403 e. The molecule has 1 atom stereocenters. The van der Waals surface area contributed by atoms with Crippen molar-refractivity contribution in [3.63, 3.8) is 0 Å². The zero-order valence-corrected chi connectivity index (χ0v) is 14.9. The summed E-state index contributed by atoms with van der Waals surface area (Å²) in [7, 11) is 0. The number of nitrogens with one attached hydrogen (secondary N) is 1. The molecule has 0 fully saturated rings. The van der Waals surface area contributed by atoms with Crippen LogP contribution in [-0.4, -0.2) is 6.04 Å². The number of hydrazine groups is 1. The Morgan fingerprint density at radius 1 is 1.27 bits per heavy atom. The summed E-state index contributed by atoms with van der Waals surface area (Å²) in [5.74, 6) is 6.02. The van der Waals surface area contributed by atoms with Crippen molar-refractivity contribution in [2.75, 3.05) is 10.3 Å². The van der Waals surface area contributed by atoms with Crippen molar-refractivity contribution < 1.29 is 0 Å². The van der Waals surface area contributed by atoms with Gasteiger partial charge in [-0.3, -0.25) is 5.01 Å². The van der Waals surface area contributed by atoms with Crippen LogP contribution in [0.1, 0.15) is 58.9 Å². The first-order chi connectivity index (χ1) is 10.6. The highest BCUT2D eigenvalue weighted by molar-refractivity contribution is 5.71. The monoisotopic (exact) mass is 306 g/mol. The quantitative estimate of drug-likeness (QED) is 0.488. The lowest BCUT2D eigenvalue weighted by atomic mass is 10.1. The number of nitrogens with two attached hydrogens (primary N) is 2. The molecule has 0 aliphatic heterocycles. The number of rotatable bonds is 8. The van der Waals surface area contributed by atoms with Gasteiger partial charge in [0.1, 0.15) is 0 Å². The Kier molecular flexibility index (Phi) is 11.0. The van der Waals surface area contributed by atoms with E-state index in [0.29, 0.717) is 6.04 Å². The molecule has 5 N–H and O–H groups in total. The van der Waals surface area contributed by atoms with Gasteiger partial charge in [-0.1, -0.05) is 46.6 Å². The number of aryl methyl sites for hydroxylation is 1. The number of nitrogens with zero attached hydrogens (tertiary/aromatic N) is 1. The third kappa shape index (κ3) is 6.85. The number of hydrogen-bond donors (Lipinski definition) is 3. The molecule has 1 aromatic rings. The van der Waals surface area contributed by atoms with Gasteiger partial charge in [-0.05, 0) is 37.5 Å². The lowest BCUT2D eigenvalue weighted by Crippen LogP contribution is -2.27. The summed E-state index contributed by atoms with van der Waals surface area (Å²) in [6.07, 6.45) is 7.84. The van der Waals surface area contributed by atoms with Gasteiger partial charge in [-0.2, -0.15) is 0 Å². The molecule has 22 heavy (non-hydrogen) atoms. The summed E-state index contributed by atoms with van der Waals surface area (Å²) in [6.45, 7) is 10.5. The molecular formula is C18H34N4. The van der Waals surface area contributed by atoms with Crippen LogP contribution in [0, 0.1) is 6.92 Å². The molecule has 0 saturated carbocycles. The Balaban J connectivity index is 0.00000211. The SMILES string of the molecule is CC.CCCCC(CC)Nc1ccc(C)cc1N(N)/C=C\N. The summed E-state index contributed by atoms with van der Waals surface area (Å²) >= 11 is 0. The summed E-state index contributed by atoms with van der Waals surface area (Å²) in [4.78, 5) is 0. The lowest BCUT2D eigenvalue weighted by molar-refractivity contribution is 0.593. The minimum atomic E-state index is 0.478. The van der Waals surface area contributed by atoms with Crippen LogP contribution in [0.2, 0.25) is 0 Å². The fourth-order valence-electron chi connectivity index (χ4n) is 2.20. The summed E-state index contributed by atoms with van der Waals surface area (Å²) in [5, 5.41) is 5.16. The van der Waals surface area contributed by atoms with E-state index >= 15 is 0 Å². The molecule has 4 nitrogen and oxygen atoms in total. The molecular weight excluding hydrogens is 272 g/mol. The molecule has 0 bridgehead atoms. The van der Waals surface area contributed by atoms with Crippen molar-refractivity contribution in [2.45, 2.75) is 66.3 Å². The van der Waals surface area contributed by atoms with E-state index in [1.807, 2.05) is 13.8 Å². The van der Waals surface area contributed by atoms with Gasteiger partial charge in [0.15, 0.2) is 0 Å². The Labute approximate surface area is 136 Å².